The number of halogens is 3. The van der Waals surface area contributed by atoms with Gasteiger partial charge in [0.15, 0.2) is 0 Å². The van der Waals surface area contributed by atoms with Gasteiger partial charge in [-0.3, -0.25) is 0 Å². The molecule has 0 saturated heterocycles. The van der Waals surface area contributed by atoms with E-state index in [2.05, 4.69) is 31.3 Å². The Morgan fingerprint density at radius 3 is 2.36 bits per heavy atom. The topological polar surface area (TPSA) is 47.9 Å². The minimum absolute atomic E-state index is 0.514. The van der Waals surface area contributed by atoms with E-state index in [9.17, 15) is 8.78 Å². The standard InChI is InChI=1S/C4H2ClF2N3O/c5-4(6,7)11-3-9-1-8-2-10-3/h1-2H. The first-order chi connectivity index (χ1) is 5.08. The van der Waals surface area contributed by atoms with Crippen molar-refractivity contribution in [1.82, 2.24) is 15.0 Å². The van der Waals surface area contributed by atoms with Crippen LogP contribution in [0.2, 0.25) is 0 Å². The zero-order valence-corrected chi connectivity index (χ0v) is 5.79. The van der Waals surface area contributed by atoms with Crippen LogP contribution < -0.4 is 4.74 Å². The second-order valence-electron chi connectivity index (χ2n) is 1.47. The molecule has 0 unspecified atom stereocenters. The van der Waals surface area contributed by atoms with E-state index in [-0.39, 0.29) is 0 Å². The summed E-state index contributed by atoms with van der Waals surface area (Å²) in [5.74, 6) is 0. The van der Waals surface area contributed by atoms with Crippen molar-refractivity contribution in [3.05, 3.63) is 12.7 Å². The highest BCUT2D eigenvalue weighted by Gasteiger charge is 2.28. The number of hydrogen-bond donors (Lipinski definition) is 0. The third-order valence-corrected chi connectivity index (χ3v) is 0.754. The molecule has 0 bridgehead atoms. The van der Waals surface area contributed by atoms with E-state index in [1.165, 1.54) is 0 Å². The summed E-state index contributed by atoms with van der Waals surface area (Å²) in [6.07, 6.45) is 2.04. The summed E-state index contributed by atoms with van der Waals surface area (Å²) >= 11 is 4.41. The highest BCUT2D eigenvalue weighted by molar-refractivity contribution is 6.20. The molecule has 0 fully saturated rings. The smallest absolute Gasteiger partial charge is 0.385 e. The lowest BCUT2D eigenvalue weighted by molar-refractivity contribution is -0.102. The normalized spacial score (nSPS) is 11.2. The summed E-state index contributed by atoms with van der Waals surface area (Å²) in [4.78, 5) is 9.90. The molecule has 0 aromatic carbocycles. The highest BCUT2D eigenvalue weighted by Crippen LogP contribution is 2.20. The van der Waals surface area contributed by atoms with Crippen LogP contribution in [0.1, 0.15) is 0 Å². The van der Waals surface area contributed by atoms with Crippen LogP contribution in [-0.2, 0) is 0 Å². The molecular weight excluding hydrogens is 180 g/mol. The molecule has 1 rings (SSSR count). The summed E-state index contributed by atoms with van der Waals surface area (Å²) < 4.78 is 27.5. The summed E-state index contributed by atoms with van der Waals surface area (Å²) in [6.45, 7) is 0. The van der Waals surface area contributed by atoms with Gasteiger partial charge in [-0.05, 0) is 0 Å². The van der Waals surface area contributed by atoms with Gasteiger partial charge in [-0.2, -0.15) is 9.97 Å². The second-order valence-corrected chi connectivity index (χ2v) is 1.91. The minimum atomic E-state index is -3.78. The SMILES string of the molecule is FC(F)(Cl)Oc1ncncn1. The highest BCUT2D eigenvalue weighted by atomic mass is 35.5. The lowest BCUT2D eigenvalue weighted by atomic mass is 11.0. The maximum Gasteiger partial charge on any atom is 0.489 e. The van der Waals surface area contributed by atoms with Crippen molar-refractivity contribution in [2.45, 2.75) is 5.57 Å². The third-order valence-electron chi connectivity index (χ3n) is 0.677. The fraction of sp³-hybridized carbons (Fsp3) is 0.250. The monoisotopic (exact) mass is 181 g/mol. The van der Waals surface area contributed by atoms with Crippen LogP contribution in [0.4, 0.5) is 8.78 Å². The average molecular weight is 182 g/mol. The first-order valence-electron chi connectivity index (χ1n) is 2.46. The molecule has 0 amide bonds. The molecule has 0 radical (unpaired) electrons. The van der Waals surface area contributed by atoms with Crippen molar-refractivity contribution in [3.63, 3.8) is 0 Å². The van der Waals surface area contributed by atoms with Crippen LogP contribution in [-0.4, -0.2) is 20.5 Å². The van der Waals surface area contributed by atoms with Crippen LogP contribution in [0, 0.1) is 0 Å². The number of hydrogen-bond acceptors (Lipinski definition) is 4. The van der Waals surface area contributed by atoms with Gasteiger partial charge in [-0.25, -0.2) is 4.98 Å². The number of nitrogens with zero attached hydrogens (tertiary/aromatic N) is 3. The molecule has 7 heteroatoms. The number of aromatic nitrogens is 3. The van der Waals surface area contributed by atoms with Gasteiger partial charge in [0, 0.05) is 11.6 Å². The molecule has 60 valence electrons. The van der Waals surface area contributed by atoms with Gasteiger partial charge in [0.2, 0.25) is 0 Å². The Balaban J connectivity index is 2.66. The summed E-state index contributed by atoms with van der Waals surface area (Å²) in [6, 6.07) is -0.514. The zero-order valence-electron chi connectivity index (χ0n) is 5.04. The predicted molar refractivity (Wildman–Crippen MR) is 31.3 cm³/mol. The molecule has 1 aromatic rings. The van der Waals surface area contributed by atoms with Crippen molar-refractivity contribution in [2.75, 3.05) is 0 Å². The summed E-state index contributed by atoms with van der Waals surface area (Å²) in [5.41, 5.74) is -3.78. The average Bonchev–Trinajstić information content (AvgIpc) is 1.85. The van der Waals surface area contributed by atoms with Crippen molar-refractivity contribution in [1.29, 1.82) is 0 Å². The Kier molecular flexibility index (Phi) is 2.13. The van der Waals surface area contributed by atoms with Gasteiger partial charge in [0.05, 0.1) is 0 Å². The maximum atomic E-state index is 11.9. The van der Waals surface area contributed by atoms with Crippen molar-refractivity contribution >= 4 is 11.6 Å². The minimum Gasteiger partial charge on any atom is -0.385 e. The van der Waals surface area contributed by atoms with Gasteiger partial charge in [0.25, 0.3) is 0 Å². The molecule has 0 N–H and O–H groups in total. The zero-order chi connectivity index (χ0) is 8.32. The second kappa shape index (κ2) is 2.91. The molecule has 0 saturated carbocycles. The Bertz CT molecular complexity index is 227. The number of ether oxygens (including phenoxy) is 1. The molecule has 11 heavy (non-hydrogen) atoms. The van der Waals surface area contributed by atoms with Crippen molar-refractivity contribution < 1.29 is 13.5 Å². The number of rotatable bonds is 2. The van der Waals surface area contributed by atoms with Crippen molar-refractivity contribution in [2.24, 2.45) is 0 Å². The molecular formula is C4H2ClF2N3O. The van der Waals surface area contributed by atoms with E-state index in [1.807, 2.05) is 0 Å². The van der Waals surface area contributed by atoms with Gasteiger partial charge < -0.3 is 4.74 Å². The Hall–Kier alpha value is -1.04. The third kappa shape index (κ3) is 3.03. The first kappa shape index (κ1) is 8.06. The van der Waals surface area contributed by atoms with Gasteiger partial charge in [0.1, 0.15) is 12.7 Å². The number of alkyl halides is 3. The molecule has 4 nitrogen and oxygen atoms in total. The summed E-state index contributed by atoms with van der Waals surface area (Å²) in [5, 5.41) is 0. The lowest BCUT2D eigenvalue weighted by Gasteiger charge is -2.06. The molecule has 0 atom stereocenters. The predicted octanol–water partition coefficient (Wildman–Crippen LogP) is 1.04. The van der Waals surface area contributed by atoms with E-state index < -0.39 is 11.6 Å². The van der Waals surface area contributed by atoms with Gasteiger partial charge >= 0.3 is 11.6 Å². The van der Waals surface area contributed by atoms with Crippen LogP contribution in [0.3, 0.4) is 0 Å². The molecule has 0 aliphatic rings. The maximum absolute atomic E-state index is 11.9. The molecule has 0 aliphatic heterocycles. The molecule has 0 aliphatic carbocycles. The van der Waals surface area contributed by atoms with Gasteiger partial charge in [-0.1, -0.05) is 0 Å². The van der Waals surface area contributed by atoms with Crippen LogP contribution in [0.15, 0.2) is 12.7 Å². The van der Waals surface area contributed by atoms with Gasteiger partial charge in [-0.15, -0.1) is 8.78 Å². The Labute approximate surface area is 65.2 Å². The largest absolute Gasteiger partial charge is 0.489 e. The fourth-order valence-electron chi connectivity index (χ4n) is 0.385. The summed E-state index contributed by atoms with van der Waals surface area (Å²) in [7, 11) is 0. The Morgan fingerprint density at radius 2 is 1.91 bits per heavy atom. The lowest BCUT2D eigenvalue weighted by Crippen LogP contribution is -2.17. The quantitative estimate of drug-likeness (QED) is 0.640. The van der Waals surface area contributed by atoms with E-state index in [4.69, 9.17) is 0 Å². The fourth-order valence-corrected chi connectivity index (χ4v) is 0.454. The Morgan fingerprint density at radius 1 is 1.36 bits per heavy atom. The molecule has 1 heterocycles. The molecule has 1 aromatic heterocycles. The van der Waals surface area contributed by atoms with Crippen LogP contribution >= 0.6 is 11.6 Å². The van der Waals surface area contributed by atoms with E-state index in [1.54, 1.807) is 0 Å². The van der Waals surface area contributed by atoms with E-state index in [0.29, 0.717) is 0 Å². The first-order valence-corrected chi connectivity index (χ1v) is 2.83. The molecule has 0 spiro atoms. The van der Waals surface area contributed by atoms with E-state index >= 15 is 0 Å². The van der Waals surface area contributed by atoms with Crippen LogP contribution in [0.25, 0.3) is 0 Å². The van der Waals surface area contributed by atoms with E-state index in [0.717, 1.165) is 12.7 Å². The van der Waals surface area contributed by atoms with Crippen molar-refractivity contribution in [3.8, 4) is 6.01 Å². The van der Waals surface area contributed by atoms with Crippen LogP contribution in [0.5, 0.6) is 6.01 Å².